The Balaban J connectivity index is 1.34. The molecule has 0 saturated heterocycles. The molecule has 158 valence electrons. The van der Waals surface area contributed by atoms with E-state index < -0.39 is 12.0 Å². The highest BCUT2D eigenvalue weighted by Crippen LogP contribution is 2.20. The van der Waals surface area contributed by atoms with Gasteiger partial charge in [0.25, 0.3) is 0 Å². The summed E-state index contributed by atoms with van der Waals surface area (Å²) < 4.78 is 5.86. The Morgan fingerprint density at radius 3 is 2.61 bits per heavy atom. The van der Waals surface area contributed by atoms with Crippen molar-refractivity contribution < 1.29 is 14.6 Å². The molecule has 3 aromatic carbocycles. The molecule has 0 amide bonds. The molecule has 0 saturated carbocycles. The van der Waals surface area contributed by atoms with Crippen LogP contribution in [0.2, 0.25) is 0 Å². The fraction of sp³-hybridized carbons (Fsp3) is 0.192. The molecular weight excluding hydrogens is 388 g/mol. The summed E-state index contributed by atoms with van der Waals surface area (Å²) in [5.74, 6) is -0.0674. The minimum atomic E-state index is -0.858. The standard InChI is InChI=1S/C26H26N2O3/c1-18-5-4-6-20(13-18)17-31-22-11-9-19(10-12-22)15-27-25(26(29)30)14-21-16-28-24-8-3-2-7-23(21)24/h2-13,16,25,27-28H,14-15,17H2,1H3,(H,29,30)/t25-/m1/s1. The summed E-state index contributed by atoms with van der Waals surface area (Å²) in [5.41, 5.74) is 5.36. The molecule has 5 nitrogen and oxygen atoms in total. The van der Waals surface area contributed by atoms with Gasteiger partial charge in [-0.25, -0.2) is 0 Å². The molecule has 0 radical (unpaired) electrons. The van der Waals surface area contributed by atoms with Crippen LogP contribution in [0, 0.1) is 6.92 Å². The highest BCUT2D eigenvalue weighted by Gasteiger charge is 2.19. The molecule has 0 aliphatic carbocycles. The molecule has 0 aliphatic rings. The summed E-state index contributed by atoms with van der Waals surface area (Å²) in [4.78, 5) is 15.0. The van der Waals surface area contributed by atoms with Crippen molar-refractivity contribution in [3.05, 3.63) is 101 Å². The number of aryl methyl sites for hydroxylation is 1. The second-order valence-corrected chi connectivity index (χ2v) is 7.76. The number of fused-ring (bicyclic) bond motifs is 1. The Morgan fingerprint density at radius 2 is 1.84 bits per heavy atom. The van der Waals surface area contributed by atoms with Gasteiger partial charge in [0.2, 0.25) is 0 Å². The number of carboxylic acid groups (broad SMARTS) is 1. The van der Waals surface area contributed by atoms with E-state index in [1.165, 1.54) is 5.56 Å². The lowest BCUT2D eigenvalue weighted by Crippen LogP contribution is -2.38. The first kappa shape index (κ1) is 20.7. The van der Waals surface area contributed by atoms with Crippen LogP contribution in [-0.4, -0.2) is 22.1 Å². The number of H-pyrrole nitrogens is 1. The molecule has 4 rings (SSSR count). The largest absolute Gasteiger partial charge is 0.489 e. The van der Waals surface area contributed by atoms with E-state index in [0.717, 1.165) is 33.3 Å². The summed E-state index contributed by atoms with van der Waals surface area (Å²) in [6.45, 7) is 3.05. The van der Waals surface area contributed by atoms with E-state index >= 15 is 0 Å². The normalized spacial score (nSPS) is 12.0. The van der Waals surface area contributed by atoms with Crippen molar-refractivity contribution in [2.45, 2.75) is 32.5 Å². The number of hydrogen-bond acceptors (Lipinski definition) is 3. The molecule has 1 atom stereocenters. The molecular formula is C26H26N2O3. The average Bonchev–Trinajstić information content (AvgIpc) is 3.19. The van der Waals surface area contributed by atoms with Gasteiger partial charge >= 0.3 is 5.97 Å². The number of carboxylic acids is 1. The second-order valence-electron chi connectivity index (χ2n) is 7.76. The molecule has 1 aromatic heterocycles. The van der Waals surface area contributed by atoms with Crippen LogP contribution in [0.5, 0.6) is 5.75 Å². The van der Waals surface area contributed by atoms with E-state index in [1.54, 1.807) is 0 Å². The topological polar surface area (TPSA) is 74.3 Å². The molecule has 3 N–H and O–H groups in total. The van der Waals surface area contributed by atoms with Crippen LogP contribution in [0.25, 0.3) is 10.9 Å². The maximum absolute atomic E-state index is 11.8. The van der Waals surface area contributed by atoms with Crippen molar-refractivity contribution in [3.63, 3.8) is 0 Å². The van der Waals surface area contributed by atoms with Gasteiger partial charge in [0, 0.05) is 30.1 Å². The number of benzene rings is 3. The lowest BCUT2D eigenvalue weighted by atomic mass is 10.0. The Labute approximate surface area is 181 Å². The number of para-hydroxylation sites is 1. The molecule has 5 heteroatoms. The zero-order chi connectivity index (χ0) is 21.6. The van der Waals surface area contributed by atoms with Crippen LogP contribution in [0.1, 0.15) is 22.3 Å². The predicted molar refractivity (Wildman–Crippen MR) is 122 cm³/mol. The highest BCUT2D eigenvalue weighted by atomic mass is 16.5. The zero-order valence-corrected chi connectivity index (χ0v) is 17.5. The van der Waals surface area contributed by atoms with Crippen LogP contribution in [0.15, 0.2) is 79.0 Å². The third-order valence-electron chi connectivity index (χ3n) is 5.36. The average molecular weight is 415 g/mol. The number of nitrogens with one attached hydrogen (secondary N) is 2. The predicted octanol–water partition coefficient (Wildman–Crippen LogP) is 4.84. The number of carbonyl (C=O) groups is 1. The van der Waals surface area contributed by atoms with Crippen LogP contribution in [-0.2, 0) is 24.4 Å². The van der Waals surface area contributed by atoms with E-state index in [1.807, 2.05) is 66.9 Å². The van der Waals surface area contributed by atoms with E-state index in [0.29, 0.717) is 19.6 Å². The van der Waals surface area contributed by atoms with Gasteiger partial charge in [-0.05, 0) is 41.8 Å². The van der Waals surface area contributed by atoms with Gasteiger partial charge in [0.05, 0.1) is 0 Å². The number of aromatic nitrogens is 1. The van der Waals surface area contributed by atoms with Crippen LogP contribution in [0.3, 0.4) is 0 Å². The summed E-state index contributed by atoms with van der Waals surface area (Å²) in [5, 5.41) is 13.9. The Bertz CT molecular complexity index is 1160. The number of hydrogen-bond donors (Lipinski definition) is 3. The maximum atomic E-state index is 11.8. The molecule has 0 fully saturated rings. The minimum absolute atomic E-state index is 0.414. The van der Waals surface area contributed by atoms with Gasteiger partial charge in [-0.3, -0.25) is 4.79 Å². The van der Waals surface area contributed by atoms with Crippen LogP contribution in [0.4, 0.5) is 0 Å². The van der Waals surface area contributed by atoms with Crippen LogP contribution < -0.4 is 10.1 Å². The molecule has 4 aromatic rings. The maximum Gasteiger partial charge on any atom is 0.321 e. The first-order valence-corrected chi connectivity index (χ1v) is 10.4. The van der Waals surface area contributed by atoms with Crippen molar-refractivity contribution in [2.24, 2.45) is 0 Å². The SMILES string of the molecule is Cc1cccc(COc2ccc(CN[C@H](Cc3c[nH]c4ccccc34)C(=O)O)cc2)c1. The molecule has 0 aliphatic heterocycles. The lowest BCUT2D eigenvalue weighted by Gasteiger charge is -2.15. The van der Waals surface area contributed by atoms with Crippen molar-refractivity contribution in [3.8, 4) is 5.75 Å². The molecule has 0 unspecified atom stereocenters. The van der Waals surface area contributed by atoms with Gasteiger partial charge in [-0.2, -0.15) is 0 Å². The number of aliphatic carboxylic acids is 1. The molecule has 0 bridgehead atoms. The number of aromatic amines is 1. The molecule has 1 heterocycles. The Hall–Kier alpha value is -3.57. The van der Waals surface area contributed by atoms with E-state index in [2.05, 4.69) is 29.4 Å². The van der Waals surface area contributed by atoms with Crippen molar-refractivity contribution in [1.29, 1.82) is 0 Å². The van der Waals surface area contributed by atoms with E-state index in [9.17, 15) is 9.90 Å². The van der Waals surface area contributed by atoms with Gasteiger partial charge in [-0.15, -0.1) is 0 Å². The van der Waals surface area contributed by atoms with E-state index in [-0.39, 0.29) is 0 Å². The fourth-order valence-electron chi connectivity index (χ4n) is 3.68. The van der Waals surface area contributed by atoms with Gasteiger partial charge in [0.15, 0.2) is 0 Å². The Morgan fingerprint density at radius 1 is 1.03 bits per heavy atom. The summed E-state index contributed by atoms with van der Waals surface area (Å²) in [6.07, 6.45) is 2.31. The smallest absolute Gasteiger partial charge is 0.321 e. The first-order valence-electron chi connectivity index (χ1n) is 10.4. The summed E-state index contributed by atoms with van der Waals surface area (Å²) >= 11 is 0. The lowest BCUT2D eigenvalue weighted by molar-refractivity contribution is -0.139. The third-order valence-corrected chi connectivity index (χ3v) is 5.36. The summed E-state index contributed by atoms with van der Waals surface area (Å²) in [7, 11) is 0. The van der Waals surface area contributed by atoms with Gasteiger partial charge < -0.3 is 20.1 Å². The third kappa shape index (κ3) is 5.32. The number of ether oxygens (including phenoxy) is 1. The van der Waals surface area contributed by atoms with Crippen molar-refractivity contribution >= 4 is 16.9 Å². The fourth-order valence-corrected chi connectivity index (χ4v) is 3.68. The molecule has 0 spiro atoms. The van der Waals surface area contributed by atoms with E-state index in [4.69, 9.17) is 4.74 Å². The quantitative estimate of drug-likeness (QED) is 0.366. The van der Waals surface area contributed by atoms with Gasteiger partial charge in [-0.1, -0.05) is 60.2 Å². The highest BCUT2D eigenvalue weighted by molar-refractivity contribution is 5.84. The Kier molecular flexibility index (Phi) is 6.34. The number of rotatable bonds is 9. The first-order chi connectivity index (χ1) is 15.1. The second kappa shape index (κ2) is 9.49. The van der Waals surface area contributed by atoms with Crippen molar-refractivity contribution in [1.82, 2.24) is 10.3 Å². The molecule has 31 heavy (non-hydrogen) atoms. The minimum Gasteiger partial charge on any atom is -0.489 e. The zero-order valence-electron chi connectivity index (χ0n) is 17.5. The monoisotopic (exact) mass is 414 g/mol. The summed E-state index contributed by atoms with van der Waals surface area (Å²) in [6, 6.07) is 23.3. The van der Waals surface area contributed by atoms with Gasteiger partial charge in [0.1, 0.15) is 18.4 Å². The van der Waals surface area contributed by atoms with Crippen LogP contribution >= 0.6 is 0 Å². The van der Waals surface area contributed by atoms with Crippen molar-refractivity contribution in [2.75, 3.05) is 0 Å².